The maximum atomic E-state index is 12.4. The van der Waals surface area contributed by atoms with Crippen LogP contribution in [0.4, 0.5) is 10.5 Å². The van der Waals surface area contributed by atoms with Gasteiger partial charge in [0.25, 0.3) is 0 Å². The zero-order valence-corrected chi connectivity index (χ0v) is 17.2. The topological polar surface area (TPSA) is 66.2 Å². The molecule has 152 valence electrons. The molecule has 1 aromatic heterocycles. The first kappa shape index (κ1) is 19.4. The molecule has 3 aromatic rings. The van der Waals surface area contributed by atoms with Gasteiger partial charge in [-0.25, -0.2) is 4.79 Å². The number of amides is 2. The molecule has 1 heterocycles. The monoisotopic (exact) mass is 391 g/mol. The van der Waals surface area contributed by atoms with Crippen molar-refractivity contribution in [1.29, 1.82) is 0 Å². The first-order valence-electron chi connectivity index (χ1n) is 10.5. The number of H-pyrrole nitrogens is 1. The second-order valence-electron chi connectivity index (χ2n) is 7.90. The lowest BCUT2D eigenvalue weighted by molar-refractivity contribution is 0.247. The number of unbranched alkanes of at least 4 members (excludes halogenated alkanes) is 1. The molecule has 0 spiro atoms. The van der Waals surface area contributed by atoms with E-state index in [1.807, 2.05) is 24.3 Å². The van der Waals surface area contributed by atoms with Crippen molar-refractivity contribution in [2.45, 2.75) is 52.0 Å². The van der Waals surface area contributed by atoms with E-state index in [4.69, 9.17) is 4.74 Å². The van der Waals surface area contributed by atoms with Gasteiger partial charge in [-0.05, 0) is 68.1 Å². The third kappa shape index (κ3) is 4.56. The Labute approximate surface area is 171 Å². The summed E-state index contributed by atoms with van der Waals surface area (Å²) < 4.78 is 5.66. The van der Waals surface area contributed by atoms with E-state index in [0.717, 1.165) is 50.1 Å². The summed E-state index contributed by atoms with van der Waals surface area (Å²) in [5, 5.41) is 7.37. The van der Waals surface area contributed by atoms with Gasteiger partial charge in [0.05, 0.1) is 6.61 Å². The maximum absolute atomic E-state index is 12.4. The fraction of sp³-hybridized carbons (Fsp3) is 0.375. The number of nitrogens with one attached hydrogen (secondary N) is 3. The SMILES string of the molecule is CCCCOc1ccc(NC(=O)NC2CCc3c([nH]c4ccc(C)cc34)C2)cc1. The van der Waals surface area contributed by atoms with Gasteiger partial charge >= 0.3 is 6.03 Å². The number of aromatic amines is 1. The molecular weight excluding hydrogens is 362 g/mol. The molecular formula is C24H29N3O2. The van der Waals surface area contributed by atoms with E-state index in [1.165, 1.54) is 27.7 Å². The van der Waals surface area contributed by atoms with Crippen LogP contribution in [-0.2, 0) is 12.8 Å². The number of fused-ring (bicyclic) bond motifs is 3. The van der Waals surface area contributed by atoms with Gasteiger partial charge in [-0.15, -0.1) is 0 Å². The average Bonchev–Trinajstić information content (AvgIpc) is 3.06. The smallest absolute Gasteiger partial charge is 0.319 e. The molecule has 2 amide bonds. The molecule has 1 aliphatic rings. The van der Waals surface area contributed by atoms with Crippen molar-refractivity contribution in [1.82, 2.24) is 10.3 Å². The highest BCUT2D eigenvalue weighted by Crippen LogP contribution is 2.30. The Morgan fingerprint density at radius 1 is 1.21 bits per heavy atom. The summed E-state index contributed by atoms with van der Waals surface area (Å²) in [6.45, 7) is 4.99. The number of urea groups is 1. The van der Waals surface area contributed by atoms with Crippen LogP contribution in [-0.4, -0.2) is 23.7 Å². The van der Waals surface area contributed by atoms with Crippen LogP contribution in [0, 0.1) is 6.92 Å². The summed E-state index contributed by atoms with van der Waals surface area (Å²) >= 11 is 0. The minimum Gasteiger partial charge on any atom is -0.494 e. The van der Waals surface area contributed by atoms with Gasteiger partial charge in [-0.2, -0.15) is 0 Å². The van der Waals surface area contributed by atoms with E-state index in [-0.39, 0.29) is 12.1 Å². The average molecular weight is 392 g/mol. The van der Waals surface area contributed by atoms with Crippen molar-refractivity contribution in [3.8, 4) is 5.75 Å². The van der Waals surface area contributed by atoms with Crippen LogP contribution in [0.25, 0.3) is 10.9 Å². The summed E-state index contributed by atoms with van der Waals surface area (Å²) in [5.41, 5.74) is 5.88. The standard InChI is InChI=1S/C24H29N3O2/c1-3-4-13-29-19-9-6-17(7-10-19)25-24(28)26-18-8-11-20-21-14-16(2)5-12-22(21)27-23(20)15-18/h5-7,9-10,12,14,18,27H,3-4,8,11,13,15H2,1-2H3,(H2,25,26,28). The molecule has 1 atom stereocenters. The molecule has 5 heteroatoms. The molecule has 0 aliphatic heterocycles. The van der Waals surface area contributed by atoms with Crippen molar-refractivity contribution in [3.63, 3.8) is 0 Å². The predicted molar refractivity (Wildman–Crippen MR) is 118 cm³/mol. The van der Waals surface area contributed by atoms with E-state index < -0.39 is 0 Å². The Balaban J connectivity index is 1.33. The van der Waals surface area contributed by atoms with Gasteiger partial charge in [-0.3, -0.25) is 0 Å². The fourth-order valence-electron chi connectivity index (χ4n) is 3.99. The highest BCUT2D eigenvalue weighted by molar-refractivity contribution is 5.90. The van der Waals surface area contributed by atoms with Crippen molar-refractivity contribution < 1.29 is 9.53 Å². The number of anilines is 1. The van der Waals surface area contributed by atoms with Crippen LogP contribution in [0.5, 0.6) is 5.75 Å². The lowest BCUT2D eigenvalue weighted by atomic mass is 9.91. The number of rotatable bonds is 6. The first-order valence-corrected chi connectivity index (χ1v) is 10.5. The summed E-state index contributed by atoms with van der Waals surface area (Å²) in [6, 6.07) is 14.0. The highest BCUT2D eigenvalue weighted by Gasteiger charge is 2.23. The number of aryl methyl sites for hydroxylation is 2. The second kappa shape index (κ2) is 8.60. The quantitative estimate of drug-likeness (QED) is 0.497. The number of aromatic nitrogens is 1. The van der Waals surface area contributed by atoms with Gasteiger partial charge in [0.2, 0.25) is 0 Å². The van der Waals surface area contributed by atoms with E-state index in [1.54, 1.807) is 0 Å². The minimum absolute atomic E-state index is 0.133. The number of hydrogen-bond acceptors (Lipinski definition) is 2. The third-order valence-corrected chi connectivity index (χ3v) is 5.56. The number of ether oxygens (including phenoxy) is 1. The molecule has 5 nitrogen and oxygen atoms in total. The van der Waals surface area contributed by atoms with Crippen LogP contribution in [0.2, 0.25) is 0 Å². The Kier molecular flexibility index (Phi) is 5.74. The van der Waals surface area contributed by atoms with Crippen molar-refractivity contribution in [2.75, 3.05) is 11.9 Å². The van der Waals surface area contributed by atoms with Gasteiger partial charge in [-0.1, -0.05) is 25.0 Å². The summed E-state index contributed by atoms with van der Waals surface area (Å²) in [7, 11) is 0. The summed E-state index contributed by atoms with van der Waals surface area (Å²) in [5.74, 6) is 0.832. The number of carbonyl (C=O) groups excluding carboxylic acids is 1. The van der Waals surface area contributed by atoms with Crippen LogP contribution in [0.1, 0.15) is 43.0 Å². The number of hydrogen-bond donors (Lipinski definition) is 3. The molecule has 1 aliphatic carbocycles. The Hall–Kier alpha value is -2.95. The van der Waals surface area contributed by atoms with Gasteiger partial charge in [0, 0.05) is 34.7 Å². The van der Waals surface area contributed by atoms with E-state index in [9.17, 15) is 4.79 Å². The van der Waals surface area contributed by atoms with Crippen molar-refractivity contribution in [3.05, 3.63) is 59.3 Å². The maximum Gasteiger partial charge on any atom is 0.319 e. The summed E-state index contributed by atoms with van der Waals surface area (Å²) in [4.78, 5) is 16.0. The molecule has 1 unspecified atom stereocenters. The van der Waals surface area contributed by atoms with Crippen LogP contribution >= 0.6 is 0 Å². The van der Waals surface area contributed by atoms with Crippen molar-refractivity contribution in [2.24, 2.45) is 0 Å². The normalized spacial score (nSPS) is 15.7. The number of carbonyl (C=O) groups is 1. The molecule has 0 fully saturated rings. The zero-order chi connectivity index (χ0) is 20.2. The molecule has 4 rings (SSSR count). The van der Waals surface area contributed by atoms with Gasteiger partial charge in [0.15, 0.2) is 0 Å². The molecule has 0 saturated carbocycles. The first-order chi connectivity index (χ1) is 14.1. The second-order valence-corrected chi connectivity index (χ2v) is 7.90. The highest BCUT2D eigenvalue weighted by atomic mass is 16.5. The third-order valence-electron chi connectivity index (χ3n) is 5.56. The minimum atomic E-state index is -0.162. The Bertz CT molecular complexity index is 991. The molecule has 0 saturated heterocycles. The largest absolute Gasteiger partial charge is 0.494 e. The van der Waals surface area contributed by atoms with Crippen LogP contribution < -0.4 is 15.4 Å². The van der Waals surface area contributed by atoms with E-state index in [2.05, 4.69) is 47.7 Å². The molecule has 2 aromatic carbocycles. The van der Waals surface area contributed by atoms with Gasteiger partial charge in [0.1, 0.15) is 5.75 Å². The number of benzene rings is 2. The van der Waals surface area contributed by atoms with Crippen LogP contribution in [0.15, 0.2) is 42.5 Å². The lowest BCUT2D eigenvalue weighted by Crippen LogP contribution is -2.41. The molecule has 3 N–H and O–H groups in total. The van der Waals surface area contributed by atoms with Crippen LogP contribution in [0.3, 0.4) is 0 Å². The van der Waals surface area contributed by atoms with Gasteiger partial charge < -0.3 is 20.4 Å². The van der Waals surface area contributed by atoms with E-state index in [0.29, 0.717) is 0 Å². The zero-order valence-electron chi connectivity index (χ0n) is 17.2. The van der Waals surface area contributed by atoms with E-state index >= 15 is 0 Å². The Morgan fingerprint density at radius 2 is 2.03 bits per heavy atom. The van der Waals surface area contributed by atoms with Crippen molar-refractivity contribution >= 4 is 22.6 Å². The molecule has 0 radical (unpaired) electrons. The lowest BCUT2D eigenvalue weighted by Gasteiger charge is -2.23. The Morgan fingerprint density at radius 3 is 2.83 bits per heavy atom. The molecule has 0 bridgehead atoms. The predicted octanol–water partition coefficient (Wildman–Crippen LogP) is 5.33. The summed E-state index contributed by atoms with van der Waals surface area (Å²) in [6.07, 6.45) is 4.92. The fourth-order valence-corrected chi connectivity index (χ4v) is 3.99. The molecule has 29 heavy (non-hydrogen) atoms.